The van der Waals surface area contributed by atoms with Crippen molar-refractivity contribution in [3.05, 3.63) is 45.3 Å². The molecule has 0 spiro atoms. The van der Waals surface area contributed by atoms with Gasteiger partial charge in [0.2, 0.25) is 0 Å². The zero-order valence-electron chi connectivity index (χ0n) is 14.6. The minimum absolute atomic E-state index is 0.132. The minimum Gasteiger partial charge on any atom is -0.365 e. The summed E-state index contributed by atoms with van der Waals surface area (Å²) in [5.41, 5.74) is 7.65. The molecule has 0 unspecified atom stereocenters. The summed E-state index contributed by atoms with van der Waals surface area (Å²) in [6.45, 7) is 0. The number of aryl methyl sites for hydroxylation is 1. The lowest BCUT2D eigenvalue weighted by Crippen LogP contribution is -2.27. The molecule has 3 rings (SSSR count). The van der Waals surface area contributed by atoms with Crippen LogP contribution in [-0.4, -0.2) is 30.9 Å². The maximum Gasteiger partial charge on any atom is 0.324 e. The van der Waals surface area contributed by atoms with Gasteiger partial charge in [-0.15, -0.1) is 11.3 Å². The Labute approximate surface area is 161 Å². The lowest BCUT2D eigenvalue weighted by atomic mass is 9.89. The fourth-order valence-corrected chi connectivity index (χ4v) is 4.70. The second-order valence-electron chi connectivity index (χ2n) is 6.46. The van der Waals surface area contributed by atoms with Crippen molar-refractivity contribution in [2.24, 2.45) is 5.73 Å². The molecular formula is C18H21ClN4O2S. The number of carbonyl (C=O) groups excluding carboxylic acids is 2. The summed E-state index contributed by atoms with van der Waals surface area (Å²) in [6.07, 6.45) is 2.91. The Morgan fingerprint density at radius 1 is 1.23 bits per heavy atom. The van der Waals surface area contributed by atoms with Crippen LogP contribution in [0.4, 0.5) is 15.5 Å². The molecule has 1 aliphatic carbocycles. The van der Waals surface area contributed by atoms with Crippen molar-refractivity contribution in [1.29, 1.82) is 0 Å². The van der Waals surface area contributed by atoms with Crippen molar-refractivity contribution in [1.82, 2.24) is 4.90 Å². The second kappa shape index (κ2) is 7.65. The topological polar surface area (TPSA) is 87.5 Å². The Balaban J connectivity index is 1.87. The van der Waals surface area contributed by atoms with Gasteiger partial charge in [-0.1, -0.05) is 11.6 Å². The van der Waals surface area contributed by atoms with Gasteiger partial charge >= 0.3 is 6.03 Å². The average molecular weight is 393 g/mol. The van der Waals surface area contributed by atoms with Crippen molar-refractivity contribution in [3.63, 3.8) is 0 Å². The molecule has 0 saturated heterocycles. The molecule has 26 heavy (non-hydrogen) atoms. The number of urea groups is 1. The Bertz CT molecular complexity index is 832. The van der Waals surface area contributed by atoms with Gasteiger partial charge in [0.15, 0.2) is 0 Å². The molecule has 1 heterocycles. The zero-order valence-corrected chi connectivity index (χ0v) is 16.2. The van der Waals surface area contributed by atoms with Gasteiger partial charge in [-0.2, -0.15) is 0 Å². The van der Waals surface area contributed by atoms with E-state index in [2.05, 4.69) is 15.5 Å². The Hall–Kier alpha value is -2.09. The molecular weight excluding hydrogens is 372 g/mol. The first-order chi connectivity index (χ1) is 12.4. The molecule has 1 aromatic carbocycles. The van der Waals surface area contributed by atoms with E-state index in [1.165, 1.54) is 11.3 Å². The number of halogens is 1. The third-order valence-corrected chi connectivity index (χ3v) is 5.87. The van der Waals surface area contributed by atoms with Gasteiger partial charge in [0.05, 0.1) is 5.56 Å². The SMILES string of the molecule is CN(C)[C@H]1CCCc2sc(NC(=O)Nc3ccc(Cl)cc3)c(C(N)=O)c21. The molecule has 0 fully saturated rings. The molecule has 6 nitrogen and oxygen atoms in total. The van der Waals surface area contributed by atoms with E-state index < -0.39 is 11.9 Å². The summed E-state index contributed by atoms with van der Waals surface area (Å²) < 4.78 is 0. The third kappa shape index (κ3) is 3.85. The van der Waals surface area contributed by atoms with Crippen molar-refractivity contribution in [2.75, 3.05) is 24.7 Å². The van der Waals surface area contributed by atoms with E-state index >= 15 is 0 Å². The van der Waals surface area contributed by atoms with Crippen LogP contribution in [0.3, 0.4) is 0 Å². The number of benzene rings is 1. The van der Waals surface area contributed by atoms with E-state index in [9.17, 15) is 9.59 Å². The van der Waals surface area contributed by atoms with E-state index in [0.717, 1.165) is 29.7 Å². The molecule has 8 heteroatoms. The molecule has 138 valence electrons. The molecule has 1 aromatic heterocycles. The molecule has 0 bridgehead atoms. The second-order valence-corrected chi connectivity index (χ2v) is 8.01. The van der Waals surface area contributed by atoms with Gasteiger partial charge in [-0.25, -0.2) is 4.79 Å². The number of hydrogen-bond donors (Lipinski definition) is 3. The highest BCUT2D eigenvalue weighted by Gasteiger charge is 2.32. The van der Waals surface area contributed by atoms with E-state index in [4.69, 9.17) is 17.3 Å². The molecule has 1 atom stereocenters. The molecule has 3 amide bonds. The van der Waals surface area contributed by atoms with Crippen LogP contribution in [0.1, 0.15) is 39.7 Å². The number of thiophene rings is 1. The highest BCUT2D eigenvalue weighted by atomic mass is 35.5. The lowest BCUT2D eigenvalue weighted by Gasteiger charge is -2.29. The smallest absolute Gasteiger partial charge is 0.324 e. The molecule has 0 radical (unpaired) electrons. The molecule has 1 aliphatic rings. The van der Waals surface area contributed by atoms with Crippen molar-refractivity contribution in [3.8, 4) is 0 Å². The summed E-state index contributed by atoms with van der Waals surface area (Å²) in [6, 6.07) is 6.51. The van der Waals surface area contributed by atoms with Crippen LogP contribution < -0.4 is 16.4 Å². The van der Waals surface area contributed by atoms with Crippen LogP contribution in [0.15, 0.2) is 24.3 Å². The van der Waals surface area contributed by atoms with E-state index in [-0.39, 0.29) is 6.04 Å². The lowest BCUT2D eigenvalue weighted by molar-refractivity contribution is 0.0998. The summed E-state index contributed by atoms with van der Waals surface area (Å²) in [5, 5.41) is 6.61. The minimum atomic E-state index is -0.516. The van der Waals surface area contributed by atoms with E-state index in [1.54, 1.807) is 24.3 Å². The maximum atomic E-state index is 12.4. The summed E-state index contributed by atoms with van der Waals surface area (Å²) in [4.78, 5) is 27.7. The Morgan fingerprint density at radius 3 is 2.54 bits per heavy atom. The van der Waals surface area contributed by atoms with E-state index in [0.29, 0.717) is 21.3 Å². The number of anilines is 2. The number of fused-ring (bicyclic) bond motifs is 1. The summed E-state index contributed by atoms with van der Waals surface area (Å²) in [5.74, 6) is -0.516. The van der Waals surface area contributed by atoms with Gasteiger partial charge < -0.3 is 16.0 Å². The predicted octanol–water partition coefficient (Wildman–Crippen LogP) is 4.08. The summed E-state index contributed by atoms with van der Waals surface area (Å²) >= 11 is 7.28. The highest BCUT2D eigenvalue weighted by Crippen LogP contribution is 2.44. The van der Waals surface area contributed by atoms with Crippen molar-refractivity contribution in [2.45, 2.75) is 25.3 Å². The maximum absolute atomic E-state index is 12.4. The number of primary amides is 1. The van der Waals surface area contributed by atoms with Crippen molar-refractivity contribution >= 4 is 45.6 Å². The first-order valence-electron chi connectivity index (χ1n) is 8.32. The molecule has 2 aromatic rings. The number of hydrogen-bond acceptors (Lipinski definition) is 4. The van der Waals surface area contributed by atoms with E-state index in [1.807, 2.05) is 14.1 Å². The van der Waals surface area contributed by atoms with Crippen LogP contribution in [0.2, 0.25) is 5.02 Å². The van der Waals surface area contributed by atoms with Crippen LogP contribution in [0, 0.1) is 0 Å². The molecule has 0 aliphatic heterocycles. The van der Waals surface area contributed by atoms with Crippen molar-refractivity contribution < 1.29 is 9.59 Å². The first kappa shape index (κ1) is 18.7. The largest absolute Gasteiger partial charge is 0.365 e. The summed E-state index contributed by atoms with van der Waals surface area (Å²) in [7, 11) is 3.98. The number of nitrogens with zero attached hydrogens (tertiary/aromatic N) is 1. The van der Waals surface area contributed by atoms with Gasteiger partial charge in [-0.05, 0) is 63.2 Å². The molecule has 4 N–H and O–H groups in total. The van der Waals surface area contributed by atoms with Crippen LogP contribution in [-0.2, 0) is 6.42 Å². The normalized spacial score (nSPS) is 16.2. The van der Waals surface area contributed by atoms with Crippen LogP contribution >= 0.6 is 22.9 Å². The number of amides is 3. The quantitative estimate of drug-likeness (QED) is 0.732. The monoisotopic (exact) mass is 392 g/mol. The standard InChI is InChI=1S/C18H21ClN4O2S/c1-23(2)12-4-3-5-13-14(12)15(16(20)24)17(26-13)22-18(25)21-11-8-6-10(19)7-9-11/h6-9,12H,3-5H2,1-2H3,(H2,20,24)(H2,21,22,25)/t12-/m0/s1. The average Bonchev–Trinajstić information content (AvgIpc) is 2.94. The zero-order chi connectivity index (χ0) is 18.8. The molecule has 0 saturated carbocycles. The Kier molecular flexibility index (Phi) is 5.50. The number of nitrogens with two attached hydrogens (primary N) is 1. The van der Waals surface area contributed by atoms with Gasteiger partial charge in [0.25, 0.3) is 5.91 Å². The highest BCUT2D eigenvalue weighted by molar-refractivity contribution is 7.17. The Morgan fingerprint density at radius 2 is 1.92 bits per heavy atom. The number of nitrogens with one attached hydrogen (secondary N) is 2. The van der Waals surface area contributed by atoms with Gasteiger partial charge in [-0.3, -0.25) is 10.1 Å². The van der Waals surface area contributed by atoms with Crippen LogP contribution in [0.25, 0.3) is 0 Å². The number of carbonyl (C=O) groups is 2. The number of rotatable bonds is 4. The predicted molar refractivity (Wildman–Crippen MR) is 106 cm³/mol. The van der Waals surface area contributed by atoms with Gasteiger partial charge in [0.1, 0.15) is 5.00 Å². The fraction of sp³-hybridized carbons (Fsp3) is 0.333. The van der Waals surface area contributed by atoms with Crippen LogP contribution in [0.5, 0.6) is 0 Å². The first-order valence-corrected chi connectivity index (χ1v) is 9.51. The van der Waals surface area contributed by atoms with Gasteiger partial charge in [0, 0.05) is 21.6 Å². The third-order valence-electron chi connectivity index (χ3n) is 4.44. The fourth-order valence-electron chi connectivity index (χ4n) is 3.28.